The summed E-state index contributed by atoms with van der Waals surface area (Å²) in [5.41, 5.74) is 8.82. The molecule has 0 aliphatic rings. The molecular weight excluding hydrogens is 265 g/mol. The van der Waals surface area contributed by atoms with Gasteiger partial charge in [-0.2, -0.15) is 0 Å². The van der Waals surface area contributed by atoms with Gasteiger partial charge in [-0.05, 0) is 47.7 Å². The van der Waals surface area contributed by atoms with Crippen LogP contribution in [-0.4, -0.2) is 6.54 Å². The third-order valence-electron chi connectivity index (χ3n) is 3.58. The van der Waals surface area contributed by atoms with E-state index in [-0.39, 0.29) is 11.9 Å². The van der Waals surface area contributed by atoms with E-state index in [2.05, 4.69) is 19.9 Å². The first-order valence-corrected chi connectivity index (χ1v) is 7.24. The van der Waals surface area contributed by atoms with Crippen molar-refractivity contribution in [3.63, 3.8) is 0 Å². The normalized spacial score (nSPS) is 12.5. The highest BCUT2D eigenvalue weighted by Gasteiger charge is 2.14. The quantitative estimate of drug-likeness (QED) is 0.888. The number of rotatable bonds is 5. The SMILES string of the molecule is Cc1ccc(C(C)C)cc1OC(CN)c1cccc(F)c1. The van der Waals surface area contributed by atoms with E-state index in [1.54, 1.807) is 6.07 Å². The molecule has 112 valence electrons. The first-order valence-electron chi connectivity index (χ1n) is 7.24. The molecule has 0 aliphatic carbocycles. The molecule has 3 heteroatoms. The van der Waals surface area contributed by atoms with Crippen LogP contribution in [0.25, 0.3) is 0 Å². The molecular formula is C18H22FNO. The van der Waals surface area contributed by atoms with Gasteiger partial charge in [0.1, 0.15) is 17.7 Å². The summed E-state index contributed by atoms with van der Waals surface area (Å²) in [6.07, 6.45) is -0.346. The van der Waals surface area contributed by atoms with Crippen LogP contribution in [0.15, 0.2) is 42.5 Å². The largest absolute Gasteiger partial charge is 0.484 e. The van der Waals surface area contributed by atoms with Crippen molar-refractivity contribution in [3.05, 3.63) is 65.0 Å². The minimum absolute atomic E-state index is 0.276. The maximum atomic E-state index is 13.4. The van der Waals surface area contributed by atoms with Crippen molar-refractivity contribution in [2.45, 2.75) is 32.8 Å². The molecule has 0 saturated heterocycles. The highest BCUT2D eigenvalue weighted by Crippen LogP contribution is 2.28. The van der Waals surface area contributed by atoms with Gasteiger partial charge >= 0.3 is 0 Å². The van der Waals surface area contributed by atoms with Gasteiger partial charge in [-0.3, -0.25) is 0 Å². The molecule has 0 saturated carbocycles. The predicted octanol–water partition coefficient (Wildman–Crippen LogP) is 4.34. The lowest BCUT2D eigenvalue weighted by Gasteiger charge is -2.20. The Morgan fingerprint density at radius 1 is 1.10 bits per heavy atom. The van der Waals surface area contributed by atoms with Crippen molar-refractivity contribution >= 4 is 0 Å². The topological polar surface area (TPSA) is 35.2 Å². The first-order chi connectivity index (χ1) is 10.0. The van der Waals surface area contributed by atoms with Crippen LogP contribution in [0.4, 0.5) is 4.39 Å². The Balaban J connectivity index is 2.28. The molecule has 2 aromatic rings. The van der Waals surface area contributed by atoms with Crippen LogP contribution in [0, 0.1) is 12.7 Å². The van der Waals surface area contributed by atoms with Crippen LogP contribution in [-0.2, 0) is 0 Å². The maximum Gasteiger partial charge on any atom is 0.136 e. The minimum Gasteiger partial charge on any atom is -0.484 e. The summed E-state index contributed by atoms with van der Waals surface area (Å²) >= 11 is 0. The van der Waals surface area contributed by atoms with E-state index in [9.17, 15) is 4.39 Å². The summed E-state index contributed by atoms with van der Waals surface area (Å²) in [7, 11) is 0. The van der Waals surface area contributed by atoms with Crippen molar-refractivity contribution in [1.29, 1.82) is 0 Å². The van der Waals surface area contributed by atoms with Gasteiger partial charge in [-0.1, -0.05) is 38.1 Å². The Kier molecular flexibility index (Phi) is 4.97. The first kappa shape index (κ1) is 15.5. The fourth-order valence-corrected chi connectivity index (χ4v) is 2.22. The van der Waals surface area contributed by atoms with Crippen molar-refractivity contribution in [1.82, 2.24) is 0 Å². The zero-order valence-corrected chi connectivity index (χ0v) is 12.8. The number of hydrogen-bond acceptors (Lipinski definition) is 2. The van der Waals surface area contributed by atoms with Crippen LogP contribution < -0.4 is 10.5 Å². The molecule has 0 bridgehead atoms. The summed E-state index contributed by atoms with van der Waals surface area (Å²) in [6, 6.07) is 12.6. The van der Waals surface area contributed by atoms with Gasteiger partial charge in [0.25, 0.3) is 0 Å². The Hall–Kier alpha value is -1.87. The standard InChI is InChI=1S/C18H22FNO/c1-12(2)14-8-7-13(3)17(10-14)21-18(11-20)15-5-4-6-16(19)9-15/h4-10,12,18H,11,20H2,1-3H3. The van der Waals surface area contributed by atoms with Crippen molar-refractivity contribution in [3.8, 4) is 5.75 Å². The zero-order valence-electron chi connectivity index (χ0n) is 12.8. The zero-order chi connectivity index (χ0) is 15.4. The molecule has 0 heterocycles. The Morgan fingerprint density at radius 3 is 2.48 bits per heavy atom. The molecule has 0 aliphatic heterocycles. The highest BCUT2D eigenvalue weighted by molar-refractivity contribution is 5.38. The van der Waals surface area contributed by atoms with Crippen molar-refractivity contribution < 1.29 is 9.13 Å². The molecule has 2 nitrogen and oxygen atoms in total. The molecule has 2 rings (SSSR count). The molecule has 21 heavy (non-hydrogen) atoms. The summed E-state index contributed by atoms with van der Waals surface area (Å²) in [4.78, 5) is 0. The third-order valence-corrected chi connectivity index (χ3v) is 3.58. The summed E-state index contributed by atoms with van der Waals surface area (Å²) in [6.45, 7) is 6.58. The minimum atomic E-state index is -0.346. The van der Waals surface area contributed by atoms with Crippen LogP contribution in [0.5, 0.6) is 5.75 Å². The van der Waals surface area contributed by atoms with Gasteiger partial charge in [0.15, 0.2) is 0 Å². The molecule has 0 aromatic heterocycles. The van der Waals surface area contributed by atoms with Crippen LogP contribution in [0.2, 0.25) is 0 Å². The van der Waals surface area contributed by atoms with E-state index in [0.717, 1.165) is 16.9 Å². The fraction of sp³-hybridized carbons (Fsp3) is 0.333. The average Bonchev–Trinajstić information content (AvgIpc) is 2.46. The number of aryl methyl sites for hydroxylation is 1. The summed E-state index contributed by atoms with van der Waals surface area (Å²) in [5, 5.41) is 0. The number of halogens is 1. The average molecular weight is 287 g/mol. The van der Waals surface area contributed by atoms with E-state index in [1.165, 1.54) is 17.7 Å². The van der Waals surface area contributed by atoms with E-state index >= 15 is 0 Å². The monoisotopic (exact) mass is 287 g/mol. The smallest absolute Gasteiger partial charge is 0.136 e. The van der Waals surface area contributed by atoms with Gasteiger partial charge in [0, 0.05) is 6.54 Å². The second kappa shape index (κ2) is 6.72. The number of hydrogen-bond donors (Lipinski definition) is 1. The fourth-order valence-electron chi connectivity index (χ4n) is 2.22. The Labute approximate surface area is 125 Å². The molecule has 1 unspecified atom stereocenters. The van der Waals surface area contributed by atoms with E-state index in [0.29, 0.717) is 12.5 Å². The van der Waals surface area contributed by atoms with Gasteiger partial charge < -0.3 is 10.5 Å². The molecule has 0 amide bonds. The van der Waals surface area contributed by atoms with Gasteiger partial charge in [0.2, 0.25) is 0 Å². The summed E-state index contributed by atoms with van der Waals surface area (Å²) < 4.78 is 19.4. The second-order valence-corrected chi connectivity index (χ2v) is 5.58. The Morgan fingerprint density at radius 2 is 1.86 bits per heavy atom. The molecule has 2 N–H and O–H groups in total. The van der Waals surface area contributed by atoms with E-state index < -0.39 is 0 Å². The molecule has 0 spiro atoms. The third kappa shape index (κ3) is 3.82. The lowest BCUT2D eigenvalue weighted by Crippen LogP contribution is -2.19. The van der Waals surface area contributed by atoms with Crippen LogP contribution >= 0.6 is 0 Å². The lowest BCUT2D eigenvalue weighted by atomic mass is 10.0. The van der Waals surface area contributed by atoms with E-state index in [1.807, 2.05) is 25.1 Å². The predicted molar refractivity (Wildman–Crippen MR) is 84.1 cm³/mol. The molecule has 2 aromatic carbocycles. The lowest BCUT2D eigenvalue weighted by molar-refractivity contribution is 0.212. The van der Waals surface area contributed by atoms with Gasteiger partial charge in [0.05, 0.1) is 0 Å². The molecule has 0 fully saturated rings. The van der Waals surface area contributed by atoms with E-state index in [4.69, 9.17) is 10.5 Å². The van der Waals surface area contributed by atoms with Gasteiger partial charge in [-0.25, -0.2) is 4.39 Å². The number of ether oxygens (including phenoxy) is 1. The number of benzene rings is 2. The summed E-state index contributed by atoms with van der Waals surface area (Å²) in [5.74, 6) is 0.960. The maximum absolute atomic E-state index is 13.4. The molecule has 1 atom stereocenters. The van der Waals surface area contributed by atoms with Gasteiger partial charge in [-0.15, -0.1) is 0 Å². The van der Waals surface area contributed by atoms with Crippen molar-refractivity contribution in [2.24, 2.45) is 5.73 Å². The second-order valence-electron chi connectivity index (χ2n) is 5.58. The van der Waals surface area contributed by atoms with Crippen molar-refractivity contribution in [2.75, 3.05) is 6.54 Å². The Bertz CT molecular complexity index is 610. The number of nitrogens with two attached hydrogens (primary N) is 1. The van der Waals surface area contributed by atoms with Crippen LogP contribution in [0.1, 0.15) is 42.6 Å². The van der Waals surface area contributed by atoms with Crippen LogP contribution in [0.3, 0.4) is 0 Å². The molecule has 0 radical (unpaired) electrons. The highest BCUT2D eigenvalue weighted by atomic mass is 19.1.